The lowest BCUT2D eigenvalue weighted by molar-refractivity contribution is 0.104. The van der Waals surface area contributed by atoms with Crippen molar-refractivity contribution < 1.29 is 17.9 Å². The van der Waals surface area contributed by atoms with Gasteiger partial charge in [-0.15, -0.1) is 0 Å². The molecule has 1 fully saturated rings. The Morgan fingerprint density at radius 3 is 2.67 bits per heavy atom. The highest BCUT2D eigenvalue weighted by Crippen LogP contribution is 2.13. The summed E-state index contributed by atoms with van der Waals surface area (Å²) in [5, 5.41) is -0.427. The standard InChI is InChI=1S/C12H15NO4S/c14-12(13-7-6-11(8-13)18(15)16)17-9-10-4-2-1-3-5-10/h1-5,11,18H,6-9H2/t11-/m1/s1. The molecule has 0 aliphatic carbocycles. The number of rotatable bonds is 3. The van der Waals surface area contributed by atoms with E-state index in [4.69, 9.17) is 4.74 Å². The van der Waals surface area contributed by atoms with Gasteiger partial charge in [0.25, 0.3) is 0 Å². The second kappa shape index (κ2) is 5.86. The molecule has 1 amide bonds. The normalized spacial score (nSPS) is 19.2. The molecule has 1 aliphatic heterocycles. The maximum Gasteiger partial charge on any atom is 0.410 e. The van der Waals surface area contributed by atoms with Crippen molar-refractivity contribution >= 4 is 16.8 Å². The molecular weight excluding hydrogens is 254 g/mol. The first-order valence-electron chi connectivity index (χ1n) is 5.76. The fraction of sp³-hybridized carbons (Fsp3) is 0.417. The number of ether oxygens (including phenoxy) is 1. The molecule has 0 aromatic heterocycles. The molecule has 2 rings (SSSR count). The van der Waals surface area contributed by atoms with E-state index in [1.165, 1.54) is 4.90 Å². The van der Waals surface area contributed by atoms with Crippen molar-refractivity contribution in [3.63, 3.8) is 0 Å². The molecule has 0 unspecified atom stereocenters. The van der Waals surface area contributed by atoms with E-state index in [1.807, 2.05) is 30.3 Å². The van der Waals surface area contributed by atoms with Crippen molar-refractivity contribution in [1.82, 2.24) is 4.90 Å². The van der Waals surface area contributed by atoms with Crippen LogP contribution < -0.4 is 0 Å². The molecule has 98 valence electrons. The Hall–Kier alpha value is -1.56. The molecule has 0 bridgehead atoms. The lowest BCUT2D eigenvalue weighted by Crippen LogP contribution is -2.30. The number of carbonyl (C=O) groups is 1. The molecule has 5 nitrogen and oxygen atoms in total. The average molecular weight is 269 g/mol. The zero-order valence-electron chi connectivity index (χ0n) is 9.82. The van der Waals surface area contributed by atoms with E-state index in [-0.39, 0.29) is 13.2 Å². The van der Waals surface area contributed by atoms with Gasteiger partial charge < -0.3 is 9.64 Å². The summed E-state index contributed by atoms with van der Waals surface area (Å²) in [6.45, 7) is 0.901. The maximum atomic E-state index is 11.7. The van der Waals surface area contributed by atoms with Crippen LogP contribution in [0.2, 0.25) is 0 Å². The highest BCUT2D eigenvalue weighted by atomic mass is 32.2. The van der Waals surface area contributed by atoms with Gasteiger partial charge in [0.05, 0.1) is 5.25 Å². The van der Waals surface area contributed by atoms with Crippen molar-refractivity contribution in [3.8, 4) is 0 Å². The van der Waals surface area contributed by atoms with Crippen LogP contribution in [0.25, 0.3) is 0 Å². The van der Waals surface area contributed by atoms with E-state index in [9.17, 15) is 13.2 Å². The van der Waals surface area contributed by atoms with E-state index in [2.05, 4.69) is 0 Å². The van der Waals surface area contributed by atoms with Gasteiger partial charge in [-0.3, -0.25) is 0 Å². The van der Waals surface area contributed by atoms with Crippen molar-refractivity contribution in [3.05, 3.63) is 35.9 Å². The quantitative estimate of drug-likeness (QED) is 0.832. The monoisotopic (exact) mass is 269 g/mol. The van der Waals surface area contributed by atoms with Crippen LogP contribution in [-0.2, 0) is 22.0 Å². The lowest BCUT2D eigenvalue weighted by Gasteiger charge is -2.15. The first-order valence-corrected chi connectivity index (χ1v) is 7.00. The first kappa shape index (κ1) is 12.9. The molecule has 6 heteroatoms. The van der Waals surface area contributed by atoms with Gasteiger partial charge in [0.15, 0.2) is 0 Å². The van der Waals surface area contributed by atoms with Crippen molar-refractivity contribution in [1.29, 1.82) is 0 Å². The van der Waals surface area contributed by atoms with Gasteiger partial charge in [0, 0.05) is 13.1 Å². The minimum atomic E-state index is -2.46. The highest BCUT2D eigenvalue weighted by molar-refractivity contribution is 7.73. The van der Waals surface area contributed by atoms with E-state index in [1.54, 1.807) is 0 Å². The fourth-order valence-corrected chi connectivity index (χ4v) is 2.55. The Kier molecular flexibility index (Phi) is 4.19. The minimum Gasteiger partial charge on any atom is -0.445 e. The van der Waals surface area contributed by atoms with Crippen LogP contribution in [0.4, 0.5) is 4.79 Å². The third-order valence-electron chi connectivity index (χ3n) is 2.92. The van der Waals surface area contributed by atoms with Crippen LogP contribution in [0, 0.1) is 0 Å². The Morgan fingerprint density at radius 1 is 1.33 bits per heavy atom. The Bertz CT molecular complexity index is 478. The summed E-state index contributed by atoms with van der Waals surface area (Å²) in [5.41, 5.74) is 0.913. The minimum absolute atomic E-state index is 0.213. The number of hydrogen-bond donors (Lipinski definition) is 1. The number of carbonyl (C=O) groups excluding carboxylic acids is 1. The van der Waals surface area contributed by atoms with E-state index in [0.29, 0.717) is 13.0 Å². The lowest BCUT2D eigenvalue weighted by atomic mass is 10.2. The molecule has 1 aliphatic rings. The van der Waals surface area contributed by atoms with Gasteiger partial charge in [0.2, 0.25) is 0 Å². The first-order chi connectivity index (χ1) is 8.66. The summed E-state index contributed by atoms with van der Waals surface area (Å²) in [6, 6.07) is 9.37. The Morgan fingerprint density at radius 2 is 2.06 bits per heavy atom. The van der Waals surface area contributed by atoms with Crippen LogP contribution in [0.3, 0.4) is 0 Å². The zero-order valence-corrected chi connectivity index (χ0v) is 10.7. The molecule has 1 atom stereocenters. The largest absolute Gasteiger partial charge is 0.445 e. The Labute approximate surface area is 107 Å². The molecule has 1 aromatic rings. The predicted octanol–water partition coefficient (Wildman–Crippen LogP) is 1.01. The van der Waals surface area contributed by atoms with Crippen molar-refractivity contribution in [2.75, 3.05) is 13.1 Å². The van der Waals surface area contributed by atoms with Gasteiger partial charge in [-0.25, -0.2) is 13.2 Å². The molecular formula is C12H15NO4S. The predicted molar refractivity (Wildman–Crippen MR) is 66.9 cm³/mol. The van der Waals surface area contributed by atoms with Crippen LogP contribution in [0.1, 0.15) is 12.0 Å². The number of nitrogens with zero attached hydrogens (tertiary/aromatic N) is 1. The summed E-state index contributed by atoms with van der Waals surface area (Å²) in [5.74, 6) is 0. The van der Waals surface area contributed by atoms with Gasteiger partial charge in [-0.2, -0.15) is 0 Å². The molecule has 0 N–H and O–H groups in total. The SMILES string of the molecule is O=C(OCc1ccccc1)N1CC[C@@H]([SH](=O)=O)C1. The summed E-state index contributed by atoms with van der Waals surface area (Å²) in [7, 11) is -2.46. The molecule has 18 heavy (non-hydrogen) atoms. The molecule has 0 spiro atoms. The third kappa shape index (κ3) is 3.22. The van der Waals surface area contributed by atoms with Gasteiger partial charge in [0.1, 0.15) is 17.3 Å². The van der Waals surface area contributed by atoms with Crippen LogP contribution >= 0.6 is 0 Å². The van der Waals surface area contributed by atoms with Gasteiger partial charge in [-0.05, 0) is 12.0 Å². The summed E-state index contributed by atoms with van der Waals surface area (Å²) < 4.78 is 26.7. The summed E-state index contributed by atoms with van der Waals surface area (Å²) in [6.07, 6.45) is 0.0530. The highest BCUT2D eigenvalue weighted by Gasteiger charge is 2.28. The summed E-state index contributed by atoms with van der Waals surface area (Å²) in [4.78, 5) is 13.1. The molecule has 1 aromatic carbocycles. The second-order valence-corrected chi connectivity index (χ2v) is 5.52. The number of likely N-dealkylation sites (tertiary alicyclic amines) is 1. The van der Waals surface area contributed by atoms with Crippen molar-refractivity contribution in [2.24, 2.45) is 0 Å². The van der Waals surface area contributed by atoms with Gasteiger partial charge in [-0.1, -0.05) is 30.3 Å². The fourth-order valence-electron chi connectivity index (χ4n) is 1.89. The van der Waals surface area contributed by atoms with E-state index < -0.39 is 22.0 Å². The van der Waals surface area contributed by atoms with E-state index >= 15 is 0 Å². The number of hydrogen-bond acceptors (Lipinski definition) is 4. The van der Waals surface area contributed by atoms with E-state index in [0.717, 1.165) is 5.56 Å². The van der Waals surface area contributed by atoms with Crippen LogP contribution in [-0.4, -0.2) is 37.8 Å². The third-order valence-corrected chi connectivity index (χ3v) is 3.94. The molecule has 0 radical (unpaired) electrons. The number of benzene rings is 1. The Balaban J connectivity index is 1.83. The number of thiol groups is 1. The molecule has 1 saturated heterocycles. The van der Waals surface area contributed by atoms with Crippen molar-refractivity contribution in [2.45, 2.75) is 18.3 Å². The van der Waals surface area contributed by atoms with Crippen LogP contribution in [0.5, 0.6) is 0 Å². The zero-order chi connectivity index (χ0) is 13.0. The smallest absolute Gasteiger partial charge is 0.410 e. The molecule has 0 saturated carbocycles. The summed E-state index contributed by atoms with van der Waals surface area (Å²) >= 11 is 0. The topological polar surface area (TPSA) is 63.7 Å². The van der Waals surface area contributed by atoms with Gasteiger partial charge >= 0.3 is 6.09 Å². The molecule has 1 heterocycles. The maximum absolute atomic E-state index is 11.7. The van der Waals surface area contributed by atoms with Crippen LogP contribution in [0.15, 0.2) is 30.3 Å². The average Bonchev–Trinajstić information content (AvgIpc) is 2.87. The second-order valence-electron chi connectivity index (χ2n) is 4.21. The number of amides is 1.